The van der Waals surface area contributed by atoms with E-state index in [1.807, 2.05) is 11.0 Å². The molecule has 4 rings (SSSR count). The summed E-state index contributed by atoms with van der Waals surface area (Å²) in [6.07, 6.45) is 2.00. The molecule has 0 saturated heterocycles. The predicted molar refractivity (Wildman–Crippen MR) is 114 cm³/mol. The molecule has 5 nitrogen and oxygen atoms in total. The van der Waals surface area contributed by atoms with E-state index in [4.69, 9.17) is 15.7 Å². The van der Waals surface area contributed by atoms with Crippen molar-refractivity contribution in [2.75, 3.05) is 13.1 Å². The van der Waals surface area contributed by atoms with Gasteiger partial charge in [-0.05, 0) is 42.2 Å². The summed E-state index contributed by atoms with van der Waals surface area (Å²) in [5.41, 5.74) is 6.26. The summed E-state index contributed by atoms with van der Waals surface area (Å²) in [4.78, 5) is 11.3. The highest BCUT2D eigenvalue weighted by atomic mass is 79.9. The Labute approximate surface area is 184 Å². The number of rotatable bonds is 3. The average Bonchev–Trinajstić information content (AvgIpc) is 2.90. The number of hydrogen-bond acceptors (Lipinski definition) is 5. The first-order valence-electron chi connectivity index (χ1n) is 9.67. The number of nitrogens with zero attached hydrogens (tertiary/aromatic N) is 3. The van der Waals surface area contributed by atoms with E-state index in [2.05, 4.69) is 20.7 Å². The fourth-order valence-corrected chi connectivity index (χ4v) is 4.21. The van der Waals surface area contributed by atoms with Crippen LogP contribution >= 0.6 is 15.9 Å². The number of fused-ring (bicyclic) bond motifs is 1. The van der Waals surface area contributed by atoms with E-state index in [9.17, 15) is 17.6 Å². The number of ether oxygens (including phenoxy) is 1. The van der Waals surface area contributed by atoms with Crippen LogP contribution in [0.1, 0.15) is 24.8 Å². The second-order valence-electron chi connectivity index (χ2n) is 7.27. The highest BCUT2D eigenvalue weighted by Crippen LogP contribution is 2.44. The molecule has 1 aromatic rings. The van der Waals surface area contributed by atoms with Crippen molar-refractivity contribution in [3.8, 4) is 5.75 Å². The third-order valence-corrected chi connectivity index (χ3v) is 5.99. The molecule has 0 spiro atoms. The van der Waals surface area contributed by atoms with E-state index in [1.165, 1.54) is 30.3 Å². The van der Waals surface area contributed by atoms with Crippen LogP contribution < -0.4 is 10.5 Å². The first kappa shape index (κ1) is 21.6. The molecule has 0 amide bonds. The third-order valence-electron chi connectivity index (χ3n) is 5.28. The summed E-state index contributed by atoms with van der Waals surface area (Å²) in [7, 11) is 0. The van der Waals surface area contributed by atoms with Crippen LogP contribution in [0.2, 0.25) is 0 Å². The van der Waals surface area contributed by atoms with Crippen LogP contribution in [0.4, 0.5) is 17.6 Å². The first-order chi connectivity index (χ1) is 14.7. The maximum atomic E-state index is 14.2. The van der Waals surface area contributed by atoms with Crippen LogP contribution in [0.15, 0.2) is 68.4 Å². The van der Waals surface area contributed by atoms with Gasteiger partial charge in [-0.15, -0.1) is 13.2 Å². The van der Waals surface area contributed by atoms with Gasteiger partial charge in [-0.25, -0.2) is 9.38 Å². The molecule has 0 aromatic heterocycles. The van der Waals surface area contributed by atoms with Gasteiger partial charge in [0.15, 0.2) is 11.5 Å². The van der Waals surface area contributed by atoms with E-state index in [-0.39, 0.29) is 18.1 Å². The Morgan fingerprint density at radius 1 is 1.13 bits per heavy atom. The normalized spacial score (nSPS) is 24.2. The van der Waals surface area contributed by atoms with Gasteiger partial charge in [-0.3, -0.25) is 9.89 Å². The lowest BCUT2D eigenvalue weighted by Crippen LogP contribution is -2.43. The van der Waals surface area contributed by atoms with Gasteiger partial charge in [0.1, 0.15) is 17.4 Å². The number of amidine groups is 1. The topological polar surface area (TPSA) is 63.2 Å². The number of halogens is 5. The molecule has 1 aliphatic carbocycles. The van der Waals surface area contributed by atoms with Gasteiger partial charge in [0.25, 0.3) is 0 Å². The van der Waals surface area contributed by atoms with Gasteiger partial charge >= 0.3 is 6.36 Å². The Balaban J connectivity index is 1.85. The molecule has 2 aliphatic heterocycles. The number of benzene rings is 1. The highest BCUT2D eigenvalue weighted by molar-refractivity contribution is 9.11. The fourth-order valence-electron chi connectivity index (χ4n) is 3.91. The average molecular weight is 499 g/mol. The summed E-state index contributed by atoms with van der Waals surface area (Å²) in [5, 5.41) is 0. The van der Waals surface area contributed by atoms with E-state index in [0.29, 0.717) is 34.5 Å². The smallest absolute Gasteiger partial charge is 0.406 e. The van der Waals surface area contributed by atoms with Gasteiger partial charge in [-0.2, -0.15) is 0 Å². The minimum absolute atomic E-state index is 0.266. The van der Waals surface area contributed by atoms with Crippen LogP contribution in [-0.4, -0.2) is 36.1 Å². The minimum atomic E-state index is -4.79. The number of aliphatic imine (C=N–C) groups is 2. The molecule has 1 unspecified atom stereocenters. The van der Waals surface area contributed by atoms with Gasteiger partial charge in [0, 0.05) is 24.0 Å². The van der Waals surface area contributed by atoms with Crippen molar-refractivity contribution in [3.63, 3.8) is 0 Å². The maximum absolute atomic E-state index is 14.2. The number of guanidine groups is 1. The molecule has 1 atom stereocenters. The van der Waals surface area contributed by atoms with Crippen LogP contribution in [0.3, 0.4) is 0 Å². The Morgan fingerprint density at radius 3 is 2.58 bits per heavy atom. The van der Waals surface area contributed by atoms with Crippen molar-refractivity contribution in [2.24, 2.45) is 15.7 Å². The molecule has 1 aromatic carbocycles. The molecular formula is C21H19BrF4N4O. The van der Waals surface area contributed by atoms with E-state index in [0.717, 1.165) is 12.8 Å². The van der Waals surface area contributed by atoms with Crippen molar-refractivity contribution in [1.82, 2.24) is 4.90 Å². The van der Waals surface area contributed by atoms with Gasteiger partial charge < -0.3 is 10.5 Å². The predicted octanol–water partition coefficient (Wildman–Crippen LogP) is 5.07. The quantitative estimate of drug-likeness (QED) is 0.592. The molecule has 0 fully saturated rings. The molecule has 31 heavy (non-hydrogen) atoms. The Kier molecular flexibility index (Phi) is 5.67. The molecule has 3 aliphatic rings. The van der Waals surface area contributed by atoms with E-state index < -0.39 is 17.7 Å². The molecule has 164 valence electrons. The lowest BCUT2D eigenvalue weighted by Gasteiger charge is -2.31. The zero-order valence-corrected chi connectivity index (χ0v) is 17.9. The Bertz CT molecular complexity index is 1030. The van der Waals surface area contributed by atoms with Crippen molar-refractivity contribution in [1.29, 1.82) is 0 Å². The molecule has 0 radical (unpaired) electrons. The van der Waals surface area contributed by atoms with Crippen LogP contribution in [0.5, 0.6) is 5.75 Å². The maximum Gasteiger partial charge on any atom is 0.573 e. The second kappa shape index (κ2) is 8.14. The SMILES string of the molecule is NC1=NC(C2=CCC(Br)=C(F)C=C2)(c2ccc(OC(F)(F)F)cc2)C2=NCCCCN12. The molecule has 0 saturated carbocycles. The largest absolute Gasteiger partial charge is 0.573 e. The summed E-state index contributed by atoms with van der Waals surface area (Å²) in [5.74, 6) is 0.0930. The third kappa shape index (κ3) is 4.13. The lowest BCUT2D eigenvalue weighted by molar-refractivity contribution is -0.274. The summed E-state index contributed by atoms with van der Waals surface area (Å²) >= 11 is 3.23. The fraction of sp³-hybridized carbons (Fsp3) is 0.333. The van der Waals surface area contributed by atoms with Crippen LogP contribution in [0.25, 0.3) is 0 Å². The molecule has 2 heterocycles. The summed E-state index contributed by atoms with van der Waals surface area (Å²) in [6.45, 7) is 1.19. The second-order valence-corrected chi connectivity index (χ2v) is 8.22. The van der Waals surface area contributed by atoms with Crippen molar-refractivity contribution < 1.29 is 22.3 Å². The molecule has 10 heteroatoms. The van der Waals surface area contributed by atoms with E-state index in [1.54, 1.807) is 6.08 Å². The summed E-state index contributed by atoms with van der Waals surface area (Å²) in [6, 6.07) is 5.47. The monoisotopic (exact) mass is 498 g/mol. The van der Waals surface area contributed by atoms with Crippen LogP contribution in [-0.2, 0) is 5.54 Å². The Morgan fingerprint density at radius 2 is 1.87 bits per heavy atom. The highest BCUT2D eigenvalue weighted by Gasteiger charge is 2.49. The van der Waals surface area contributed by atoms with Gasteiger partial charge in [-0.1, -0.05) is 40.2 Å². The lowest BCUT2D eigenvalue weighted by atomic mass is 9.81. The van der Waals surface area contributed by atoms with Crippen molar-refractivity contribution >= 4 is 27.7 Å². The Hall–Kier alpha value is -2.62. The van der Waals surface area contributed by atoms with Gasteiger partial charge in [0.2, 0.25) is 0 Å². The zero-order valence-electron chi connectivity index (χ0n) is 16.3. The number of nitrogens with two attached hydrogens (primary N) is 1. The van der Waals surface area contributed by atoms with Crippen molar-refractivity contribution in [3.05, 3.63) is 63.9 Å². The number of allylic oxidation sites excluding steroid dienone is 4. The van der Waals surface area contributed by atoms with Gasteiger partial charge in [0.05, 0.1) is 0 Å². The minimum Gasteiger partial charge on any atom is -0.406 e. The van der Waals surface area contributed by atoms with Crippen LogP contribution in [0, 0.1) is 0 Å². The van der Waals surface area contributed by atoms with Crippen molar-refractivity contribution in [2.45, 2.75) is 31.2 Å². The number of alkyl halides is 3. The molecule has 2 N–H and O–H groups in total. The zero-order chi connectivity index (χ0) is 22.2. The first-order valence-corrected chi connectivity index (χ1v) is 10.5. The molecular weight excluding hydrogens is 480 g/mol. The van der Waals surface area contributed by atoms with E-state index >= 15 is 0 Å². The standard InChI is InChI=1S/C21H19BrF4N4O/c22-16-9-5-14(6-10-17(16)23)20(13-3-7-15(8-4-13)31-21(24,25)26)18-28-11-1-2-12-30(18)19(27)29-20/h3-8,10H,1-2,9,11-12H2,(H2,27,29). The summed E-state index contributed by atoms with van der Waals surface area (Å²) < 4.78 is 56.4. The number of hydrogen-bond donors (Lipinski definition) is 1. The molecule has 0 bridgehead atoms.